The first-order chi connectivity index (χ1) is 14.5. The summed E-state index contributed by atoms with van der Waals surface area (Å²) >= 11 is 12.1. The molecule has 0 radical (unpaired) electrons. The summed E-state index contributed by atoms with van der Waals surface area (Å²) in [6.45, 7) is 0. The lowest BCUT2D eigenvalue weighted by Crippen LogP contribution is -2.34. The highest BCUT2D eigenvalue weighted by atomic mass is 35.5. The fraction of sp³-hybridized carbons (Fsp3) is 0.250. The Balaban J connectivity index is 2.06. The van der Waals surface area contributed by atoms with Crippen molar-refractivity contribution in [1.82, 2.24) is 0 Å². The number of benzene rings is 3. The van der Waals surface area contributed by atoms with Crippen LogP contribution in [0.2, 0.25) is 10.0 Å². The molecule has 0 heterocycles. The average Bonchev–Trinajstić information content (AvgIpc) is 2.79. The molecule has 0 spiro atoms. The van der Waals surface area contributed by atoms with Crippen LogP contribution in [0.1, 0.15) is 22.3 Å². The quantitative estimate of drug-likeness (QED) is 0.398. The lowest BCUT2D eigenvalue weighted by atomic mass is 9.92. The molecule has 0 saturated heterocycles. The Kier molecular flexibility index (Phi) is 7.19. The molecule has 0 aromatic heterocycles. The van der Waals surface area contributed by atoms with Gasteiger partial charge in [0.15, 0.2) is 0 Å². The van der Waals surface area contributed by atoms with Gasteiger partial charge < -0.3 is 18.9 Å². The van der Waals surface area contributed by atoms with Crippen molar-refractivity contribution in [3.05, 3.63) is 105 Å². The van der Waals surface area contributed by atoms with E-state index in [0.29, 0.717) is 10.0 Å². The van der Waals surface area contributed by atoms with Gasteiger partial charge >= 0.3 is 0 Å². The van der Waals surface area contributed by atoms with Gasteiger partial charge in [0.2, 0.25) is 11.6 Å². The summed E-state index contributed by atoms with van der Waals surface area (Å²) in [5.41, 5.74) is 3.28. The van der Waals surface area contributed by atoms with E-state index in [1.807, 2.05) is 48.5 Å². The Bertz CT molecular complexity index is 866. The summed E-state index contributed by atoms with van der Waals surface area (Å²) in [5, 5.41) is 1.28. The second kappa shape index (κ2) is 9.48. The highest BCUT2D eigenvalue weighted by molar-refractivity contribution is 6.30. The van der Waals surface area contributed by atoms with E-state index in [9.17, 15) is 0 Å². The largest absolute Gasteiger partial charge is 0.346 e. The predicted molar refractivity (Wildman–Crippen MR) is 119 cm³/mol. The number of hydrogen-bond donors (Lipinski definition) is 0. The van der Waals surface area contributed by atoms with Crippen LogP contribution in [0.4, 0.5) is 0 Å². The van der Waals surface area contributed by atoms with E-state index in [1.165, 1.54) is 0 Å². The van der Waals surface area contributed by atoms with Gasteiger partial charge in [-0.15, -0.1) is 0 Å². The third kappa shape index (κ3) is 4.00. The summed E-state index contributed by atoms with van der Waals surface area (Å²) in [6, 6.07) is 22.5. The summed E-state index contributed by atoms with van der Waals surface area (Å²) in [5.74, 6) is -2.15. The van der Waals surface area contributed by atoms with Crippen molar-refractivity contribution in [2.24, 2.45) is 0 Å². The first kappa shape index (κ1) is 22.8. The number of ether oxygens (including phenoxy) is 4. The summed E-state index contributed by atoms with van der Waals surface area (Å²) < 4.78 is 23.3. The zero-order valence-electron chi connectivity index (χ0n) is 17.3. The number of hydrogen-bond acceptors (Lipinski definition) is 4. The van der Waals surface area contributed by atoms with Crippen molar-refractivity contribution in [3.8, 4) is 0 Å². The van der Waals surface area contributed by atoms with Crippen LogP contribution in [0, 0.1) is 0 Å². The number of halogens is 2. The van der Waals surface area contributed by atoms with Crippen LogP contribution in [-0.2, 0) is 30.5 Å². The molecular formula is C24H24Cl2O4. The smallest absolute Gasteiger partial charge is 0.221 e. The van der Waals surface area contributed by atoms with E-state index >= 15 is 0 Å². The molecule has 30 heavy (non-hydrogen) atoms. The Morgan fingerprint density at radius 1 is 0.433 bits per heavy atom. The van der Waals surface area contributed by atoms with Crippen molar-refractivity contribution in [3.63, 3.8) is 0 Å². The van der Waals surface area contributed by atoms with Crippen LogP contribution in [0.15, 0.2) is 72.8 Å². The molecule has 0 fully saturated rings. The van der Waals surface area contributed by atoms with Crippen molar-refractivity contribution in [2.75, 3.05) is 28.4 Å². The van der Waals surface area contributed by atoms with Crippen molar-refractivity contribution in [2.45, 2.75) is 11.6 Å². The second-order valence-electron chi connectivity index (χ2n) is 6.64. The third-order valence-corrected chi connectivity index (χ3v) is 5.75. The lowest BCUT2D eigenvalue weighted by molar-refractivity contribution is -0.186. The van der Waals surface area contributed by atoms with Crippen LogP contribution in [0.3, 0.4) is 0 Å². The van der Waals surface area contributed by atoms with Crippen LogP contribution >= 0.6 is 23.2 Å². The molecule has 0 aliphatic carbocycles. The van der Waals surface area contributed by atoms with Crippen LogP contribution < -0.4 is 0 Å². The highest BCUT2D eigenvalue weighted by Crippen LogP contribution is 2.38. The van der Waals surface area contributed by atoms with Gasteiger partial charge in [-0.2, -0.15) is 0 Å². The molecule has 0 aliphatic rings. The summed E-state index contributed by atoms with van der Waals surface area (Å²) in [4.78, 5) is 0. The number of methoxy groups -OCH3 is 4. The molecule has 6 heteroatoms. The molecule has 3 aromatic carbocycles. The second-order valence-corrected chi connectivity index (χ2v) is 7.51. The van der Waals surface area contributed by atoms with Crippen molar-refractivity contribution in [1.29, 1.82) is 0 Å². The monoisotopic (exact) mass is 446 g/mol. The average molecular weight is 447 g/mol. The van der Waals surface area contributed by atoms with Crippen molar-refractivity contribution < 1.29 is 18.9 Å². The molecule has 0 aliphatic heterocycles. The SMILES string of the molecule is COC(OC)(c1ccc(Cl)cc1)c1ccc(C(OC)(OC)c2ccc(Cl)cc2)cc1. The Morgan fingerprint density at radius 3 is 0.833 bits per heavy atom. The third-order valence-electron chi connectivity index (χ3n) is 5.24. The van der Waals surface area contributed by atoms with Gasteiger partial charge in [0.25, 0.3) is 0 Å². The molecule has 0 unspecified atom stereocenters. The van der Waals surface area contributed by atoms with Gasteiger partial charge in [-0.3, -0.25) is 0 Å². The van der Waals surface area contributed by atoms with Gasteiger partial charge in [0, 0.05) is 60.7 Å². The zero-order chi connectivity index (χ0) is 21.8. The van der Waals surface area contributed by atoms with E-state index in [4.69, 9.17) is 42.1 Å². The van der Waals surface area contributed by atoms with Gasteiger partial charge in [-0.25, -0.2) is 0 Å². The maximum absolute atomic E-state index is 6.05. The molecule has 0 N–H and O–H groups in total. The topological polar surface area (TPSA) is 36.9 Å². The van der Waals surface area contributed by atoms with Crippen molar-refractivity contribution >= 4 is 23.2 Å². The van der Waals surface area contributed by atoms with E-state index in [-0.39, 0.29) is 0 Å². The molecule has 0 atom stereocenters. The minimum Gasteiger partial charge on any atom is -0.346 e. The Morgan fingerprint density at radius 2 is 0.633 bits per heavy atom. The highest BCUT2D eigenvalue weighted by Gasteiger charge is 2.37. The lowest BCUT2D eigenvalue weighted by Gasteiger charge is -2.34. The molecule has 3 rings (SSSR count). The first-order valence-electron chi connectivity index (χ1n) is 9.29. The molecule has 4 nitrogen and oxygen atoms in total. The molecule has 158 valence electrons. The molecular weight excluding hydrogens is 423 g/mol. The normalized spacial score (nSPS) is 12.2. The van der Waals surface area contributed by atoms with Gasteiger partial charge in [0.1, 0.15) is 0 Å². The number of rotatable bonds is 8. The standard InChI is InChI=1S/C24H24Cl2O4/c1-27-23(28-2,19-9-13-21(25)14-10-19)17-5-7-18(8-6-17)24(29-3,30-4)20-11-15-22(26)16-12-20/h5-16H,1-4H3. The molecule has 0 saturated carbocycles. The maximum atomic E-state index is 6.05. The Labute approximate surface area is 187 Å². The molecule has 0 amide bonds. The van der Waals surface area contributed by atoms with Gasteiger partial charge in [-0.05, 0) is 24.3 Å². The van der Waals surface area contributed by atoms with Gasteiger partial charge in [0.05, 0.1) is 0 Å². The maximum Gasteiger partial charge on any atom is 0.221 e. The van der Waals surface area contributed by atoms with E-state index in [2.05, 4.69) is 0 Å². The van der Waals surface area contributed by atoms with Crippen LogP contribution in [0.5, 0.6) is 0 Å². The minimum atomic E-state index is -1.08. The van der Waals surface area contributed by atoms with E-state index in [1.54, 1.807) is 52.7 Å². The summed E-state index contributed by atoms with van der Waals surface area (Å²) in [7, 11) is 6.42. The zero-order valence-corrected chi connectivity index (χ0v) is 18.8. The van der Waals surface area contributed by atoms with E-state index < -0.39 is 11.6 Å². The summed E-state index contributed by atoms with van der Waals surface area (Å²) in [6.07, 6.45) is 0. The minimum absolute atomic E-state index is 0.642. The predicted octanol–water partition coefficient (Wildman–Crippen LogP) is 5.98. The Hall–Kier alpha value is -1.92. The first-order valence-corrected chi connectivity index (χ1v) is 10.0. The molecule has 3 aromatic rings. The van der Waals surface area contributed by atoms with Gasteiger partial charge in [-0.1, -0.05) is 71.7 Å². The van der Waals surface area contributed by atoms with E-state index in [0.717, 1.165) is 22.3 Å². The fourth-order valence-electron chi connectivity index (χ4n) is 3.69. The fourth-order valence-corrected chi connectivity index (χ4v) is 3.94. The van der Waals surface area contributed by atoms with Crippen LogP contribution in [-0.4, -0.2) is 28.4 Å². The van der Waals surface area contributed by atoms with Crippen LogP contribution in [0.25, 0.3) is 0 Å². The molecule has 0 bridgehead atoms.